The number of benzene rings is 2. The van der Waals surface area contributed by atoms with Gasteiger partial charge in [-0.15, -0.1) is 6.58 Å². The van der Waals surface area contributed by atoms with Crippen LogP contribution < -0.4 is 9.47 Å². The fourth-order valence-corrected chi connectivity index (χ4v) is 8.59. The van der Waals surface area contributed by atoms with Gasteiger partial charge in [0.05, 0.1) is 45.2 Å². The van der Waals surface area contributed by atoms with E-state index in [4.69, 9.17) is 33.7 Å². The molecule has 1 aliphatic heterocycles. The fourth-order valence-electron chi connectivity index (χ4n) is 8.59. The summed E-state index contributed by atoms with van der Waals surface area (Å²) in [4.78, 5) is 21.2. The number of hydrogen-bond donors (Lipinski definition) is 3. The van der Waals surface area contributed by atoms with E-state index in [1.165, 1.54) is 12.7 Å². The van der Waals surface area contributed by atoms with Gasteiger partial charge in [0.25, 0.3) is 0 Å². The number of amides is 1. The van der Waals surface area contributed by atoms with Crippen molar-refractivity contribution in [2.75, 3.05) is 59.9 Å². The van der Waals surface area contributed by atoms with E-state index in [9.17, 15) is 20.1 Å². The molecule has 12 nitrogen and oxygen atoms in total. The Morgan fingerprint density at radius 3 is 2.44 bits per heavy atom. The number of oxime groups is 1. The highest BCUT2D eigenvalue weighted by Crippen LogP contribution is 2.62. The van der Waals surface area contributed by atoms with Crippen LogP contribution in [0.1, 0.15) is 74.5 Å². The quantitative estimate of drug-likeness (QED) is 0.0702. The predicted octanol–water partition coefficient (Wildman–Crippen LogP) is 6.83. The Hall–Kier alpha value is -3.94. The standard InChI is InChI=1S/C43H60N2O10/c1-6-22-52-43-39(45(42(49)50-5)18-23-51-24-21-48)28-37(44-53-7-2)35-26-31(12-8-10-19-46)34(13-9-11-20-47)40(41(35)43)36-27-33(16-17-38(36)55-43)54-32-15-14-29(3)30(4)25-32/h6,14-17,25-27,31,34,39-41,46-48H,1,7-13,18-24,28H2,2-5H3/t31-,34+,39-,40+,41+,43+/m0/s1. The molecular weight excluding hydrogens is 704 g/mol. The van der Waals surface area contributed by atoms with Crippen LogP contribution in [0.5, 0.6) is 17.2 Å². The Kier molecular flexibility index (Phi) is 15.6. The Bertz CT molecular complexity index is 1640. The van der Waals surface area contributed by atoms with Crippen molar-refractivity contribution in [1.82, 2.24) is 4.90 Å². The molecule has 2 aliphatic carbocycles. The lowest BCUT2D eigenvalue weighted by Gasteiger charge is -2.59. The second kappa shape index (κ2) is 20.3. The first-order valence-electron chi connectivity index (χ1n) is 19.7. The van der Waals surface area contributed by atoms with Crippen molar-refractivity contribution in [3.63, 3.8) is 0 Å². The number of aliphatic hydroxyl groups is 3. The molecule has 5 rings (SSSR count). The minimum atomic E-state index is -1.42. The summed E-state index contributed by atoms with van der Waals surface area (Å²) in [5.74, 6) is 0.0999. The molecule has 2 aromatic carbocycles. The molecular formula is C43H60N2O10. The van der Waals surface area contributed by atoms with Crippen molar-refractivity contribution in [2.45, 2.75) is 83.5 Å². The second-order valence-electron chi connectivity index (χ2n) is 14.5. The molecule has 3 N–H and O–H groups in total. The van der Waals surface area contributed by atoms with Gasteiger partial charge in [-0.05, 0) is 105 Å². The summed E-state index contributed by atoms with van der Waals surface area (Å²) in [5, 5.41) is 33.8. The summed E-state index contributed by atoms with van der Waals surface area (Å²) in [6, 6.07) is 11.2. The monoisotopic (exact) mass is 764 g/mol. The molecule has 0 bridgehead atoms. The molecule has 1 fully saturated rings. The molecule has 0 aromatic heterocycles. The van der Waals surface area contributed by atoms with Gasteiger partial charge in [0.2, 0.25) is 5.79 Å². The van der Waals surface area contributed by atoms with E-state index in [0.29, 0.717) is 36.7 Å². The maximum atomic E-state index is 13.8. The molecule has 3 aliphatic rings. The molecule has 2 aromatic rings. The Balaban J connectivity index is 1.75. The Morgan fingerprint density at radius 1 is 1.00 bits per heavy atom. The summed E-state index contributed by atoms with van der Waals surface area (Å²) >= 11 is 0. The summed E-state index contributed by atoms with van der Waals surface area (Å²) in [5.41, 5.74) is 4.91. The van der Waals surface area contributed by atoms with Gasteiger partial charge in [-0.1, -0.05) is 36.2 Å². The van der Waals surface area contributed by atoms with E-state index in [0.717, 1.165) is 48.1 Å². The van der Waals surface area contributed by atoms with Crippen LogP contribution in [0.2, 0.25) is 0 Å². The molecule has 0 radical (unpaired) electrons. The first kappa shape index (κ1) is 42.2. The molecule has 12 heteroatoms. The predicted molar refractivity (Wildman–Crippen MR) is 210 cm³/mol. The van der Waals surface area contributed by atoms with E-state index in [1.54, 1.807) is 11.0 Å². The van der Waals surface area contributed by atoms with Gasteiger partial charge in [-0.2, -0.15) is 0 Å². The number of aliphatic hydroxyl groups excluding tert-OH is 3. The minimum Gasteiger partial charge on any atom is -0.459 e. The summed E-state index contributed by atoms with van der Waals surface area (Å²) in [6.45, 7) is 10.9. The van der Waals surface area contributed by atoms with Crippen molar-refractivity contribution in [3.8, 4) is 17.2 Å². The summed E-state index contributed by atoms with van der Waals surface area (Å²) in [6.07, 6.45) is 8.28. The van der Waals surface area contributed by atoms with Crippen LogP contribution in [-0.2, 0) is 19.0 Å². The molecule has 6 atom stereocenters. The van der Waals surface area contributed by atoms with Crippen LogP contribution in [0, 0.1) is 31.6 Å². The Labute approximate surface area is 325 Å². The lowest BCUT2D eigenvalue weighted by atomic mass is 9.55. The minimum absolute atomic E-state index is 0.0665. The smallest absolute Gasteiger partial charge is 0.410 e. The normalized spacial score (nSPS) is 24.6. The van der Waals surface area contributed by atoms with Crippen LogP contribution in [0.15, 0.2) is 65.9 Å². The van der Waals surface area contributed by atoms with Gasteiger partial charge in [0.1, 0.15) is 29.9 Å². The topological polar surface area (TPSA) is 149 Å². The van der Waals surface area contributed by atoms with E-state index in [-0.39, 0.29) is 70.4 Å². The maximum absolute atomic E-state index is 13.8. The maximum Gasteiger partial charge on any atom is 0.410 e. The van der Waals surface area contributed by atoms with E-state index in [2.05, 4.69) is 32.6 Å². The second-order valence-corrected chi connectivity index (χ2v) is 14.5. The van der Waals surface area contributed by atoms with Crippen LogP contribution in [0.3, 0.4) is 0 Å². The van der Waals surface area contributed by atoms with E-state index in [1.807, 2.05) is 37.3 Å². The summed E-state index contributed by atoms with van der Waals surface area (Å²) in [7, 11) is 1.34. The third kappa shape index (κ3) is 9.55. The number of hydrogen-bond acceptors (Lipinski definition) is 11. The van der Waals surface area contributed by atoms with E-state index >= 15 is 0 Å². The number of fused-ring (bicyclic) bond motifs is 2. The van der Waals surface area contributed by atoms with Gasteiger partial charge in [-0.25, -0.2) is 4.79 Å². The molecule has 0 unspecified atom stereocenters. The number of unbranched alkanes of at least 4 members (excludes halogenated alkanes) is 2. The average Bonchev–Trinajstić information content (AvgIpc) is 3.19. The van der Waals surface area contributed by atoms with Crippen molar-refractivity contribution >= 4 is 11.8 Å². The third-order valence-electron chi connectivity index (χ3n) is 11.2. The lowest BCUT2D eigenvalue weighted by molar-refractivity contribution is -0.255. The first-order chi connectivity index (χ1) is 26.8. The number of allylic oxidation sites excluding steroid dienone is 1. The van der Waals surface area contributed by atoms with Gasteiger partial charge in [0.15, 0.2) is 0 Å². The van der Waals surface area contributed by atoms with Crippen molar-refractivity contribution in [1.29, 1.82) is 0 Å². The lowest BCUT2D eigenvalue weighted by Crippen LogP contribution is -2.70. The average molecular weight is 765 g/mol. The van der Waals surface area contributed by atoms with Crippen molar-refractivity contribution < 1.29 is 48.6 Å². The largest absolute Gasteiger partial charge is 0.459 e. The molecule has 55 heavy (non-hydrogen) atoms. The molecule has 1 heterocycles. The van der Waals surface area contributed by atoms with Crippen molar-refractivity contribution in [2.24, 2.45) is 22.9 Å². The number of ether oxygens (including phenoxy) is 5. The zero-order valence-electron chi connectivity index (χ0n) is 32.9. The molecule has 0 saturated heterocycles. The van der Waals surface area contributed by atoms with Gasteiger partial charge in [0, 0.05) is 37.7 Å². The number of methoxy groups -OCH3 is 1. The molecule has 1 saturated carbocycles. The summed E-state index contributed by atoms with van der Waals surface area (Å²) < 4.78 is 31.7. The fraction of sp³-hybridized carbons (Fsp3) is 0.581. The highest BCUT2D eigenvalue weighted by Gasteiger charge is 2.65. The van der Waals surface area contributed by atoms with Crippen LogP contribution in [0.4, 0.5) is 4.79 Å². The van der Waals surface area contributed by atoms with Crippen LogP contribution >= 0.6 is 0 Å². The first-order valence-corrected chi connectivity index (χ1v) is 19.7. The number of carbonyl (C=O) groups is 1. The zero-order chi connectivity index (χ0) is 39.4. The number of nitrogens with zero attached hydrogens (tertiary/aromatic N) is 2. The number of carbonyl (C=O) groups excluding carboxylic acids is 1. The zero-order valence-corrected chi connectivity index (χ0v) is 32.9. The van der Waals surface area contributed by atoms with Crippen LogP contribution in [0.25, 0.3) is 0 Å². The Morgan fingerprint density at radius 2 is 1.75 bits per heavy atom. The number of aryl methyl sites for hydroxylation is 2. The SMILES string of the molecule is C=CCO[C@@]12Oc3ccc(Oc4ccc(C)c(C)c4)cc3[C@H]3[C@H](CCCCO)[C@@H](CCCCO)C=C(C(=NOCC)C[C@@H]1N(CCOCCO)C(=O)OC)[C@H]32. The highest BCUT2D eigenvalue weighted by molar-refractivity contribution is 6.03. The van der Waals surface area contributed by atoms with E-state index < -0.39 is 23.8 Å². The van der Waals surface area contributed by atoms with Crippen LogP contribution in [-0.4, -0.2) is 104 Å². The number of rotatable bonds is 21. The molecule has 1 amide bonds. The molecule has 302 valence electrons. The van der Waals surface area contributed by atoms with Gasteiger partial charge in [-0.3, -0.25) is 4.90 Å². The van der Waals surface area contributed by atoms with Gasteiger partial charge < -0.3 is 43.8 Å². The third-order valence-corrected chi connectivity index (χ3v) is 11.2. The van der Waals surface area contributed by atoms with Crippen molar-refractivity contribution in [3.05, 3.63) is 77.4 Å². The van der Waals surface area contributed by atoms with Gasteiger partial charge >= 0.3 is 6.09 Å². The molecule has 0 spiro atoms. The highest BCUT2D eigenvalue weighted by atomic mass is 16.7.